The molecule has 17 heavy (non-hydrogen) atoms. The molecule has 0 aliphatic rings. The molecule has 0 aliphatic heterocycles. The summed E-state index contributed by atoms with van der Waals surface area (Å²) in [6, 6.07) is 16.9. The minimum atomic E-state index is 0.0136. The van der Waals surface area contributed by atoms with Crippen LogP contribution in [0.2, 0.25) is 0 Å². The molecule has 1 nitrogen and oxygen atoms in total. The third kappa shape index (κ3) is 2.19. The van der Waals surface area contributed by atoms with Gasteiger partial charge in [0, 0.05) is 11.1 Å². The molecule has 0 aliphatic carbocycles. The van der Waals surface area contributed by atoms with Crippen LogP contribution in [0.4, 0.5) is 5.69 Å². The highest BCUT2D eigenvalue weighted by molar-refractivity contribution is 5.50. The molecule has 1 heteroatoms. The van der Waals surface area contributed by atoms with E-state index in [0.29, 0.717) is 0 Å². The van der Waals surface area contributed by atoms with Gasteiger partial charge in [-0.1, -0.05) is 56.3 Å². The fraction of sp³-hybridized carbons (Fsp3) is 0.250. The molecule has 2 aromatic carbocycles. The van der Waals surface area contributed by atoms with Crippen molar-refractivity contribution in [3.8, 4) is 0 Å². The Kier molecular flexibility index (Phi) is 2.93. The molecule has 0 saturated carbocycles. The predicted molar refractivity (Wildman–Crippen MR) is 74.2 cm³/mol. The lowest BCUT2D eigenvalue weighted by atomic mass is 9.77. The lowest BCUT2D eigenvalue weighted by Crippen LogP contribution is -2.19. The van der Waals surface area contributed by atoms with Crippen LogP contribution in [-0.2, 0) is 5.41 Å². The Morgan fingerprint density at radius 3 is 2.12 bits per heavy atom. The molecule has 0 unspecified atom stereocenters. The zero-order valence-electron chi connectivity index (χ0n) is 10.7. The lowest BCUT2D eigenvalue weighted by molar-refractivity contribution is 0.640. The molecule has 0 spiro atoms. The van der Waals surface area contributed by atoms with Crippen molar-refractivity contribution in [2.75, 3.05) is 5.73 Å². The third-order valence-electron chi connectivity index (χ3n) is 3.49. The van der Waals surface area contributed by atoms with Crippen molar-refractivity contribution in [2.45, 2.75) is 26.2 Å². The van der Waals surface area contributed by atoms with Gasteiger partial charge in [0.1, 0.15) is 0 Å². The predicted octanol–water partition coefficient (Wildman–Crippen LogP) is 3.90. The van der Waals surface area contributed by atoms with Crippen molar-refractivity contribution < 1.29 is 0 Å². The summed E-state index contributed by atoms with van der Waals surface area (Å²) in [6.07, 6.45) is 0. The number of aryl methyl sites for hydroxylation is 1. The fourth-order valence-electron chi connectivity index (χ4n) is 2.09. The second-order valence-corrected chi connectivity index (χ2v) is 5.06. The highest BCUT2D eigenvalue weighted by Gasteiger charge is 2.22. The van der Waals surface area contributed by atoms with Crippen LogP contribution < -0.4 is 5.73 Å². The van der Waals surface area contributed by atoms with Crippen LogP contribution in [0.15, 0.2) is 48.5 Å². The maximum atomic E-state index is 5.87. The minimum Gasteiger partial charge on any atom is -0.399 e. The second kappa shape index (κ2) is 4.25. The van der Waals surface area contributed by atoms with E-state index in [9.17, 15) is 0 Å². The van der Waals surface area contributed by atoms with Gasteiger partial charge in [0.15, 0.2) is 0 Å². The van der Waals surface area contributed by atoms with Crippen molar-refractivity contribution in [3.63, 3.8) is 0 Å². The molecular weight excluding hydrogens is 206 g/mol. The van der Waals surface area contributed by atoms with Gasteiger partial charge in [0.25, 0.3) is 0 Å². The summed E-state index contributed by atoms with van der Waals surface area (Å²) in [7, 11) is 0. The molecule has 0 fully saturated rings. The molecule has 0 atom stereocenters. The number of benzene rings is 2. The van der Waals surface area contributed by atoms with E-state index in [1.54, 1.807) is 0 Å². The smallest absolute Gasteiger partial charge is 0.0343 e. The summed E-state index contributed by atoms with van der Waals surface area (Å²) in [5.41, 5.74) is 10.5. The Morgan fingerprint density at radius 2 is 1.53 bits per heavy atom. The Labute approximate surface area is 103 Å². The Hall–Kier alpha value is -1.76. The first kappa shape index (κ1) is 11.7. The van der Waals surface area contributed by atoms with Crippen molar-refractivity contribution >= 4 is 5.69 Å². The molecule has 2 rings (SSSR count). The molecular formula is C16H19N. The van der Waals surface area contributed by atoms with Crippen molar-refractivity contribution in [1.29, 1.82) is 0 Å². The summed E-state index contributed by atoms with van der Waals surface area (Å²) in [4.78, 5) is 0. The van der Waals surface area contributed by atoms with Crippen LogP contribution in [0.25, 0.3) is 0 Å². The van der Waals surface area contributed by atoms with E-state index in [2.05, 4.69) is 57.2 Å². The average molecular weight is 225 g/mol. The number of rotatable bonds is 2. The van der Waals surface area contributed by atoms with E-state index in [0.717, 1.165) is 11.3 Å². The van der Waals surface area contributed by atoms with Crippen molar-refractivity contribution in [2.24, 2.45) is 0 Å². The zero-order valence-corrected chi connectivity index (χ0v) is 10.7. The quantitative estimate of drug-likeness (QED) is 0.771. The SMILES string of the molecule is Cc1cc(C(C)(C)c2ccccc2)ccc1N. The Bertz CT molecular complexity index is 512. The summed E-state index contributed by atoms with van der Waals surface area (Å²) >= 11 is 0. The molecule has 88 valence electrons. The van der Waals surface area contributed by atoms with Crippen LogP contribution in [0.5, 0.6) is 0 Å². The standard InChI is InChI=1S/C16H19N/c1-12-11-14(9-10-15(12)17)16(2,3)13-7-5-4-6-8-13/h4-11H,17H2,1-3H3. The number of hydrogen-bond donors (Lipinski definition) is 1. The highest BCUT2D eigenvalue weighted by Crippen LogP contribution is 2.32. The monoisotopic (exact) mass is 225 g/mol. The Morgan fingerprint density at radius 1 is 0.882 bits per heavy atom. The van der Waals surface area contributed by atoms with Crippen molar-refractivity contribution in [1.82, 2.24) is 0 Å². The Balaban J connectivity index is 2.48. The van der Waals surface area contributed by atoms with E-state index in [-0.39, 0.29) is 5.41 Å². The van der Waals surface area contributed by atoms with E-state index in [4.69, 9.17) is 5.73 Å². The lowest BCUT2D eigenvalue weighted by Gasteiger charge is -2.26. The maximum Gasteiger partial charge on any atom is 0.0343 e. The first-order valence-electron chi connectivity index (χ1n) is 5.94. The topological polar surface area (TPSA) is 26.0 Å². The molecule has 0 heterocycles. The van der Waals surface area contributed by atoms with Gasteiger partial charge in [-0.05, 0) is 29.7 Å². The van der Waals surface area contributed by atoms with E-state index >= 15 is 0 Å². The van der Waals surface area contributed by atoms with Gasteiger partial charge in [-0.15, -0.1) is 0 Å². The summed E-state index contributed by atoms with van der Waals surface area (Å²) in [6.45, 7) is 6.54. The zero-order chi connectivity index (χ0) is 12.5. The molecule has 2 aromatic rings. The average Bonchev–Trinajstić information content (AvgIpc) is 2.33. The molecule has 2 N–H and O–H groups in total. The van der Waals surface area contributed by atoms with Gasteiger partial charge in [-0.3, -0.25) is 0 Å². The van der Waals surface area contributed by atoms with Gasteiger partial charge in [-0.2, -0.15) is 0 Å². The number of anilines is 1. The fourth-order valence-corrected chi connectivity index (χ4v) is 2.09. The first-order valence-corrected chi connectivity index (χ1v) is 5.94. The van der Waals surface area contributed by atoms with Crippen LogP contribution in [-0.4, -0.2) is 0 Å². The van der Waals surface area contributed by atoms with Crippen molar-refractivity contribution in [3.05, 3.63) is 65.2 Å². The van der Waals surface area contributed by atoms with Gasteiger partial charge in [-0.25, -0.2) is 0 Å². The first-order chi connectivity index (χ1) is 8.01. The number of hydrogen-bond acceptors (Lipinski definition) is 1. The number of nitrogens with two attached hydrogens (primary N) is 1. The van der Waals surface area contributed by atoms with Crippen LogP contribution in [0, 0.1) is 6.92 Å². The van der Waals surface area contributed by atoms with E-state index in [1.807, 2.05) is 12.1 Å². The van der Waals surface area contributed by atoms with Gasteiger partial charge in [0.2, 0.25) is 0 Å². The van der Waals surface area contributed by atoms with Gasteiger partial charge >= 0.3 is 0 Å². The summed E-state index contributed by atoms with van der Waals surface area (Å²) in [5.74, 6) is 0. The second-order valence-electron chi connectivity index (χ2n) is 5.06. The van der Waals surface area contributed by atoms with Crippen LogP contribution in [0.3, 0.4) is 0 Å². The summed E-state index contributed by atoms with van der Waals surface area (Å²) < 4.78 is 0. The van der Waals surface area contributed by atoms with Gasteiger partial charge in [0.05, 0.1) is 0 Å². The van der Waals surface area contributed by atoms with Crippen LogP contribution >= 0.6 is 0 Å². The molecule has 0 aromatic heterocycles. The van der Waals surface area contributed by atoms with E-state index < -0.39 is 0 Å². The molecule has 0 radical (unpaired) electrons. The molecule has 0 bridgehead atoms. The van der Waals surface area contributed by atoms with E-state index in [1.165, 1.54) is 11.1 Å². The maximum absolute atomic E-state index is 5.87. The molecule has 0 saturated heterocycles. The third-order valence-corrected chi connectivity index (χ3v) is 3.49. The molecule has 0 amide bonds. The normalized spacial score (nSPS) is 11.5. The van der Waals surface area contributed by atoms with Gasteiger partial charge < -0.3 is 5.73 Å². The highest BCUT2D eigenvalue weighted by atomic mass is 14.6. The number of nitrogen functional groups attached to an aromatic ring is 1. The summed E-state index contributed by atoms with van der Waals surface area (Å²) in [5, 5.41) is 0. The largest absolute Gasteiger partial charge is 0.399 e. The minimum absolute atomic E-state index is 0.0136. The van der Waals surface area contributed by atoms with Crippen LogP contribution in [0.1, 0.15) is 30.5 Å².